The number of thiazole rings is 1. The summed E-state index contributed by atoms with van der Waals surface area (Å²) in [5, 5.41) is 13.6. The van der Waals surface area contributed by atoms with Gasteiger partial charge in [-0.2, -0.15) is 13.2 Å². The average molecular weight is 739 g/mol. The van der Waals surface area contributed by atoms with Gasteiger partial charge in [-0.15, -0.1) is 11.3 Å². The summed E-state index contributed by atoms with van der Waals surface area (Å²) in [6.07, 6.45) is -0.582. The Balaban J connectivity index is 1.17. The van der Waals surface area contributed by atoms with Gasteiger partial charge in [0.05, 0.1) is 41.7 Å². The molecule has 2 fully saturated rings. The van der Waals surface area contributed by atoms with Crippen LogP contribution < -0.4 is 5.32 Å². The molecular weight excluding hydrogens is 706 g/mol. The van der Waals surface area contributed by atoms with Crippen LogP contribution in [0.3, 0.4) is 0 Å². The predicted octanol–water partition coefficient (Wildman–Crippen LogP) is 6.53. The van der Waals surface area contributed by atoms with E-state index in [9.17, 15) is 27.6 Å². The molecule has 49 heavy (non-hydrogen) atoms. The van der Waals surface area contributed by atoms with Crippen molar-refractivity contribution in [2.24, 2.45) is 0 Å². The zero-order valence-corrected chi connectivity index (χ0v) is 28.3. The molecule has 2 aromatic carbocycles. The number of aromatic nitrogens is 1. The zero-order chi connectivity index (χ0) is 34.9. The number of carbonyl (C=O) groups is 3. The number of carbonyl (C=O) groups excluding carboxylic acids is 2. The van der Waals surface area contributed by atoms with Gasteiger partial charge in [-0.25, -0.2) is 4.98 Å². The minimum atomic E-state index is -4.27. The first-order valence-electron chi connectivity index (χ1n) is 15.6. The van der Waals surface area contributed by atoms with Crippen molar-refractivity contribution >= 4 is 69.0 Å². The van der Waals surface area contributed by atoms with Gasteiger partial charge in [-0.1, -0.05) is 41.4 Å². The van der Waals surface area contributed by atoms with Gasteiger partial charge in [0.1, 0.15) is 16.9 Å². The summed E-state index contributed by atoms with van der Waals surface area (Å²) in [4.78, 5) is 48.7. The van der Waals surface area contributed by atoms with E-state index in [2.05, 4.69) is 15.2 Å². The molecule has 0 radical (unpaired) electrons. The lowest BCUT2D eigenvalue weighted by Crippen LogP contribution is -2.52. The number of hydrogen-bond acceptors (Lipinski definition) is 8. The van der Waals surface area contributed by atoms with Gasteiger partial charge < -0.3 is 19.7 Å². The van der Waals surface area contributed by atoms with Gasteiger partial charge in [-0.05, 0) is 36.6 Å². The van der Waals surface area contributed by atoms with E-state index in [4.69, 9.17) is 32.7 Å². The molecule has 2 amide bonds. The number of amides is 2. The highest BCUT2D eigenvalue weighted by molar-refractivity contribution is 7.11. The molecule has 2 aromatic heterocycles. The molecule has 2 N–H and O–H groups in total. The maximum Gasteiger partial charge on any atom is 0.401 e. The molecule has 10 nitrogen and oxygen atoms in total. The second kappa shape index (κ2) is 14.7. The quantitative estimate of drug-likeness (QED) is 0.189. The molecule has 2 atom stereocenters. The standard InChI is InChI=1S/C33H32Cl2F3N5O5S/c34-24-14-26(40-31(47)23-17-48-28-4-2-1-3-22(23)28)25(35)11-19(24)12-29(44)43-16-20(42-9-7-41(8-10-42)18-33(36,37)38)13-27(43)32-39-15-21(49-32)5-6-30(45)46/h1-4,11,14-15,17,20,27H,5-10,12-13,16,18H2,(H,40,47)(H,45,46)/t20-,27-/m0/s1. The van der Waals surface area contributed by atoms with Crippen molar-refractivity contribution in [2.75, 3.05) is 44.6 Å². The lowest BCUT2D eigenvalue weighted by Gasteiger charge is -2.38. The van der Waals surface area contributed by atoms with Crippen molar-refractivity contribution in [3.05, 3.63) is 79.9 Å². The van der Waals surface area contributed by atoms with Crippen molar-refractivity contribution in [1.29, 1.82) is 0 Å². The molecule has 260 valence electrons. The molecular formula is C33H32Cl2F3N5O5S. The largest absolute Gasteiger partial charge is 0.481 e. The molecule has 6 rings (SSSR count). The number of nitrogens with zero attached hydrogens (tertiary/aromatic N) is 4. The highest BCUT2D eigenvalue weighted by Gasteiger charge is 2.42. The third kappa shape index (κ3) is 8.38. The summed E-state index contributed by atoms with van der Waals surface area (Å²) in [6, 6.07) is 9.63. The summed E-state index contributed by atoms with van der Waals surface area (Å²) in [6.45, 7) is 0.771. The number of nitrogens with one attached hydrogen (secondary N) is 1. The number of rotatable bonds is 10. The summed E-state index contributed by atoms with van der Waals surface area (Å²) in [7, 11) is 0. The Hall–Kier alpha value is -3.69. The predicted molar refractivity (Wildman–Crippen MR) is 179 cm³/mol. The number of anilines is 1. The first-order chi connectivity index (χ1) is 23.3. The second-order valence-corrected chi connectivity index (χ2v) is 14.1. The number of halogens is 5. The number of hydrogen-bond donors (Lipinski definition) is 2. The fraction of sp³-hybridized carbons (Fsp3) is 0.394. The first kappa shape index (κ1) is 35.1. The van der Waals surface area contributed by atoms with E-state index in [1.165, 1.54) is 28.6 Å². The Labute approximate surface area is 293 Å². The van der Waals surface area contributed by atoms with Crippen LogP contribution in [-0.2, 0) is 22.4 Å². The van der Waals surface area contributed by atoms with Crippen molar-refractivity contribution in [1.82, 2.24) is 19.7 Å². The molecule has 0 saturated carbocycles. The fourth-order valence-corrected chi connectivity index (χ4v) is 7.88. The number of alkyl halides is 3. The van der Waals surface area contributed by atoms with Crippen LogP contribution in [0.15, 0.2) is 53.3 Å². The monoisotopic (exact) mass is 737 g/mol. The summed E-state index contributed by atoms with van der Waals surface area (Å²) in [5.41, 5.74) is 1.60. The van der Waals surface area contributed by atoms with Crippen molar-refractivity contribution < 1.29 is 37.1 Å². The number of para-hydroxylation sites is 1. The van der Waals surface area contributed by atoms with Crippen LogP contribution in [0.25, 0.3) is 11.0 Å². The third-order valence-corrected chi connectivity index (χ3v) is 10.6. The van der Waals surface area contributed by atoms with Crippen LogP contribution in [0.2, 0.25) is 10.0 Å². The maximum atomic E-state index is 14.0. The first-order valence-corrected chi connectivity index (χ1v) is 17.2. The van der Waals surface area contributed by atoms with Crippen LogP contribution >= 0.6 is 34.5 Å². The molecule has 0 unspecified atom stereocenters. The number of carboxylic acids is 1. The number of carboxylic acid groups (broad SMARTS) is 1. The number of likely N-dealkylation sites (tertiary alicyclic amines) is 1. The van der Waals surface area contributed by atoms with Crippen LogP contribution in [0.5, 0.6) is 0 Å². The Morgan fingerprint density at radius 2 is 1.84 bits per heavy atom. The van der Waals surface area contributed by atoms with Gasteiger partial charge in [0.15, 0.2) is 0 Å². The van der Waals surface area contributed by atoms with E-state index >= 15 is 0 Å². The van der Waals surface area contributed by atoms with Crippen LogP contribution in [0, 0.1) is 0 Å². The van der Waals surface area contributed by atoms with Crippen LogP contribution in [-0.4, -0.2) is 94.1 Å². The number of benzene rings is 2. The van der Waals surface area contributed by atoms with Gasteiger partial charge in [-0.3, -0.25) is 24.2 Å². The lowest BCUT2D eigenvalue weighted by molar-refractivity contribution is -0.150. The van der Waals surface area contributed by atoms with E-state index in [1.807, 2.05) is 0 Å². The van der Waals surface area contributed by atoms with Gasteiger partial charge in [0.2, 0.25) is 5.91 Å². The molecule has 16 heteroatoms. The number of aryl methyl sites for hydroxylation is 1. The highest BCUT2D eigenvalue weighted by Crippen LogP contribution is 2.38. The average Bonchev–Trinajstić information content (AvgIpc) is 3.80. The Bertz CT molecular complexity index is 1860. The third-order valence-electron chi connectivity index (χ3n) is 8.82. The minimum absolute atomic E-state index is 0.0475. The number of fused-ring (bicyclic) bond motifs is 1. The molecule has 0 spiro atoms. The molecule has 0 bridgehead atoms. The SMILES string of the molecule is O=C(O)CCc1cnc([C@@H]2C[C@H](N3CCN(CC(F)(F)F)CC3)CN2C(=O)Cc2cc(Cl)c(NC(=O)c3coc4ccccc34)cc2Cl)s1. The zero-order valence-electron chi connectivity index (χ0n) is 26.0. The van der Waals surface area contributed by atoms with Crippen molar-refractivity contribution in [2.45, 2.75) is 43.9 Å². The Morgan fingerprint density at radius 1 is 1.08 bits per heavy atom. The second-order valence-electron chi connectivity index (χ2n) is 12.1. The summed E-state index contributed by atoms with van der Waals surface area (Å²) >= 11 is 14.6. The van der Waals surface area contributed by atoms with Crippen LogP contribution in [0.1, 0.15) is 44.7 Å². The van der Waals surface area contributed by atoms with Gasteiger partial charge >= 0.3 is 12.1 Å². The van der Waals surface area contributed by atoms with Crippen LogP contribution in [0.4, 0.5) is 18.9 Å². The van der Waals surface area contributed by atoms with E-state index in [1.54, 1.807) is 41.4 Å². The lowest BCUT2D eigenvalue weighted by atomic mass is 10.1. The van der Waals surface area contributed by atoms with E-state index in [0.717, 1.165) is 4.88 Å². The maximum absolute atomic E-state index is 14.0. The van der Waals surface area contributed by atoms with E-state index in [0.29, 0.717) is 59.6 Å². The van der Waals surface area contributed by atoms with Gasteiger partial charge in [0, 0.05) is 60.2 Å². The minimum Gasteiger partial charge on any atom is -0.481 e. The van der Waals surface area contributed by atoms with E-state index < -0.39 is 30.6 Å². The normalized spacial score (nSPS) is 19.1. The molecule has 0 aliphatic carbocycles. The smallest absolute Gasteiger partial charge is 0.401 e. The summed E-state index contributed by atoms with van der Waals surface area (Å²) in [5.74, 6) is -1.61. The molecule has 2 saturated heterocycles. The fourth-order valence-electron chi connectivity index (χ4n) is 6.38. The molecule has 2 aliphatic heterocycles. The number of aliphatic carboxylic acids is 1. The topological polar surface area (TPSA) is 119 Å². The summed E-state index contributed by atoms with van der Waals surface area (Å²) < 4.78 is 44.4. The van der Waals surface area contributed by atoms with Gasteiger partial charge in [0.25, 0.3) is 5.91 Å². The van der Waals surface area contributed by atoms with Crippen molar-refractivity contribution in [3.63, 3.8) is 0 Å². The number of furan rings is 1. The highest BCUT2D eigenvalue weighted by atomic mass is 35.5. The molecule has 4 heterocycles. The molecule has 4 aromatic rings. The van der Waals surface area contributed by atoms with E-state index in [-0.39, 0.29) is 53.6 Å². The Morgan fingerprint density at radius 3 is 2.57 bits per heavy atom. The Kier molecular flexibility index (Phi) is 10.5. The van der Waals surface area contributed by atoms with Crippen molar-refractivity contribution in [3.8, 4) is 0 Å². The molecule has 2 aliphatic rings. The number of piperazine rings is 1.